The standard InChI is InChI=1S/C39H61N7O9/c1-24(2)32(45-30(48)14-10-9-11-20-46-31(49)21-27(35(46)52)38(3,4)5)34(51)44-28(13-12-19-41-36(40)53)33(50)43-26-17-15-25(16-18-26)23-55-37(54)42-22-29(47)39(6,7)8/h15-18,24,27-28,32H,9-14,19-23H2,1-8H3,(H,42,54)(H,43,50)(H,44,51)(H,45,48)(H3,40,41,53)/t27?,28-,32-/m0/s1. The van der Waals surface area contributed by atoms with E-state index in [1.807, 2.05) is 20.8 Å². The summed E-state index contributed by atoms with van der Waals surface area (Å²) in [5, 5.41) is 13.2. The quantitative estimate of drug-likeness (QED) is 0.0839. The van der Waals surface area contributed by atoms with E-state index >= 15 is 0 Å². The molecule has 306 valence electrons. The van der Waals surface area contributed by atoms with Gasteiger partial charge in [0.15, 0.2) is 5.78 Å². The fourth-order valence-electron chi connectivity index (χ4n) is 5.69. The number of imide groups is 1. The molecule has 0 bridgehead atoms. The van der Waals surface area contributed by atoms with Crippen LogP contribution in [0, 0.1) is 22.7 Å². The zero-order valence-corrected chi connectivity index (χ0v) is 33.6. The minimum absolute atomic E-state index is 0.0731. The van der Waals surface area contributed by atoms with Crippen molar-refractivity contribution >= 4 is 53.1 Å². The Morgan fingerprint density at radius 2 is 1.53 bits per heavy atom. The molecule has 1 aliphatic rings. The molecular weight excluding hydrogens is 710 g/mol. The molecule has 0 aliphatic carbocycles. The van der Waals surface area contributed by atoms with E-state index in [-0.39, 0.29) is 79.7 Å². The molecule has 0 aromatic heterocycles. The number of anilines is 1. The molecule has 16 nitrogen and oxygen atoms in total. The van der Waals surface area contributed by atoms with Crippen molar-refractivity contribution in [3.63, 3.8) is 0 Å². The van der Waals surface area contributed by atoms with E-state index in [9.17, 15) is 38.4 Å². The smallest absolute Gasteiger partial charge is 0.407 e. The first-order chi connectivity index (χ1) is 25.6. The van der Waals surface area contributed by atoms with E-state index in [2.05, 4.69) is 26.6 Å². The first kappa shape index (κ1) is 46.1. The molecule has 0 radical (unpaired) electrons. The molecule has 1 heterocycles. The second kappa shape index (κ2) is 21.2. The number of ketones is 1. The van der Waals surface area contributed by atoms with Gasteiger partial charge in [0.1, 0.15) is 18.7 Å². The second-order valence-corrected chi connectivity index (χ2v) is 16.4. The first-order valence-electron chi connectivity index (χ1n) is 18.9. The summed E-state index contributed by atoms with van der Waals surface area (Å²) in [4.78, 5) is 101. The topological polar surface area (TPSA) is 235 Å². The maximum atomic E-state index is 13.5. The largest absolute Gasteiger partial charge is 0.445 e. The number of hydrogen-bond acceptors (Lipinski definition) is 9. The van der Waals surface area contributed by atoms with Crippen molar-refractivity contribution in [3.8, 4) is 0 Å². The average molecular weight is 772 g/mol. The molecule has 1 aliphatic heterocycles. The Morgan fingerprint density at radius 1 is 0.873 bits per heavy atom. The number of amides is 8. The number of rotatable bonds is 20. The van der Waals surface area contributed by atoms with Crippen LogP contribution in [0.4, 0.5) is 15.3 Å². The van der Waals surface area contributed by atoms with E-state index in [4.69, 9.17) is 10.5 Å². The molecule has 2 rings (SSSR count). The third kappa shape index (κ3) is 16.1. The number of hydrogen-bond donors (Lipinski definition) is 6. The minimum Gasteiger partial charge on any atom is -0.445 e. The molecule has 0 saturated carbocycles. The number of carbonyl (C=O) groups is 8. The van der Waals surface area contributed by atoms with Gasteiger partial charge >= 0.3 is 12.1 Å². The van der Waals surface area contributed by atoms with E-state index < -0.39 is 41.4 Å². The number of nitrogens with zero attached hydrogens (tertiary/aromatic N) is 1. The van der Waals surface area contributed by atoms with Gasteiger partial charge in [0, 0.05) is 37.0 Å². The maximum absolute atomic E-state index is 13.5. The fraction of sp³-hybridized carbons (Fsp3) is 0.641. The van der Waals surface area contributed by atoms with Crippen LogP contribution >= 0.6 is 0 Å². The van der Waals surface area contributed by atoms with Gasteiger partial charge in [-0.3, -0.25) is 33.7 Å². The van der Waals surface area contributed by atoms with Crippen molar-refractivity contribution in [3.05, 3.63) is 29.8 Å². The van der Waals surface area contributed by atoms with E-state index in [1.54, 1.807) is 58.9 Å². The Morgan fingerprint density at radius 3 is 2.09 bits per heavy atom. The number of urea groups is 1. The van der Waals surface area contributed by atoms with Gasteiger partial charge in [-0.1, -0.05) is 73.9 Å². The zero-order valence-electron chi connectivity index (χ0n) is 33.6. The van der Waals surface area contributed by atoms with Crippen LogP contribution in [0.2, 0.25) is 0 Å². The van der Waals surface area contributed by atoms with Crippen LogP contribution in [0.5, 0.6) is 0 Å². The molecule has 1 fully saturated rings. The van der Waals surface area contributed by atoms with Gasteiger partial charge in [0.2, 0.25) is 29.5 Å². The predicted octanol–water partition coefficient (Wildman–Crippen LogP) is 3.52. The molecule has 16 heteroatoms. The maximum Gasteiger partial charge on any atom is 0.407 e. The molecule has 0 spiro atoms. The average Bonchev–Trinajstić information content (AvgIpc) is 3.38. The summed E-state index contributed by atoms with van der Waals surface area (Å²) < 4.78 is 5.18. The number of nitrogens with two attached hydrogens (primary N) is 1. The van der Waals surface area contributed by atoms with Crippen molar-refractivity contribution in [1.29, 1.82) is 0 Å². The number of ether oxygens (including phenoxy) is 1. The number of benzene rings is 1. The molecule has 1 aromatic rings. The highest BCUT2D eigenvalue weighted by atomic mass is 16.5. The number of likely N-dealkylation sites (tertiary alicyclic amines) is 1. The Bertz CT molecular complexity index is 1530. The summed E-state index contributed by atoms with van der Waals surface area (Å²) in [6.45, 7) is 14.9. The molecule has 1 saturated heterocycles. The Hall–Kier alpha value is -5.02. The SMILES string of the molecule is CC(C)[C@H](NC(=O)CCCCCN1C(=O)CC(C(C)(C)C)C1=O)C(=O)N[C@@H](CCCNC(N)=O)C(=O)Nc1ccc(COC(=O)NCC(=O)C(C)(C)C)cc1. The summed E-state index contributed by atoms with van der Waals surface area (Å²) in [6, 6.07) is 3.80. The highest BCUT2D eigenvalue weighted by Crippen LogP contribution is 2.35. The normalized spacial score (nSPS) is 15.6. The molecule has 7 N–H and O–H groups in total. The third-order valence-electron chi connectivity index (χ3n) is 9.26. The van der Waals surface area contributed by atoms with E-state index in [1.165, 1.54) is 4.90 Å². The van der Waals surface area contributed by atoms with Crippen LogP contribution in [-0.4, -0.2) is 84.1 Å². The Balaban J connectivity index is 1.93. The van der Waals surface area contributed by atoms with Crippen molar-refractivity contribution in [1.82, 2.24) is 26.2 Å². The zero-order chi connectivity index (χ0) is 41.5. The van der Waals surface area contributed by atoms with Gasteiger partial charge in [-0.05, 0) is 54.7 Å². The monoisotopic (exact) mass is 771 g/mol. The van der Waals surface area contributed by atoms with Crippen LogP contribution in [0.3, 0.4) is 0 Å². The van der Waals surface area contributed by atoms with Gasteiger partial charge < -0.3 is 37.1 Å². The van der Waals surface area contributed by atoms with Gasteiger partial charge in [0.05, 0.1) is 12.5 Å². The molecular formula is C39H61N7O9. The molecule has 8 amide bonds. The van der Waals surface area contributed by atoms with Gasteiger partial charge in [-0.25, -0.2) is 9.59 Å². The van der Waals surface area contributed by atoms with E-state index in [0.717, 1.165) is 0 Å². The lowest BCUT2D eigenvalue weighted by molar-refractivity contribution is -0.140. The van der Waals surface area contributed by atoms with Crippen LogP contribution in [0.25, 0.3) is 0 Å². The number of Topliss-reactive ketones (excluding diaryl/α,β-unsaturated/α-hetero) is 1. The number of unbranched alkanes of at least 4 members (excludes halogenated alkanes) is 2. The van der Waals surface area contributed by atoms with Crippen molar-refractivity contribution in [2.75, 3.05) is 25.0 Å². The Kier molecular flexibility index (Phi) is 17.8. The molecule has 1 unspecified atom stereocenters. The van der Waals surface area contributed by atoms with Crippen LogP contribution < -0.4 is 32.3 Å². The predicted molar refractivity (Wildman–Crippen MR) is 206 cm³/mol. The second-order valence-electron chi connectivity index (χ2n) is 16.4. The summed E-state index contributed by atoms with van der Waals surface area (Å²) in [6.07, 6.45) is 1.72. The van der Waals surface area contributed by atoms with Crippen molar-refractivity contribution in [2.24, 2.45) is 28.4 Å². The Labute approximate surface area is 324 Å². The summed E-state index contributed by atoms with van der Waals surface area (Å²) in [5.74, 6) is -2.54. The highest BCUT2D eigenvalue weighted by molar-refractivity contribution is 6.04. The van der Waals surface area contributed by atoms with Crippen molar-refractivity contribution < 1.29 is 43.1 Å². The van der Waals surface area contributed by atoms with Gasteiger partial charge in [0.25, 0.3) is 0 Å². The highest BCUT2D eigenvalue weighted by Gasteiger charge is 2.44. The van der Waals surface area contributed by atoms with Gasteiger partial charge in [-0.2, -0.15) is 0 Å². The van der Waals surface area contributed by atoms with Crippen LogP contribution in [0.1, 0.15) is 106 Å². The number of primary amides is 1. The van der Waals surface area contributed by atoms with Gasteiger partial charge in [-0.15, -0.1) is 0 Å². The molecule has 3 atom stereocenters. The lowest BCUT2D eigenvalue weighted by atomic mass is 9.80. The number of alkyl carbamates (subject to hydrolysis) is 1. The lowest BCUT2D eigenvalue weighted by Crippen LogP contribution is -2.54. The molecule has 55 heavy (non-hydrogen) atoms. The summed E-state index contributed by atoms with van der Waals surface area (Å²) in [7, 11) is 0. The summed E-state index contributed by atoms with van der Waals surface area (Å²) in [5.41, 5.74) is 5.30. The van der Waals surface area contributed by atoms with Crippen LogP contribution in [-0.2, 0) is 40.1 Å². The van der Waals surface area contributed by atoms with E-state index in [0.29, 0.717) is 43.5 Å². The van der Waals surface area contributed by atoms with Crippen LogP contribution in [0.15, 0.2) is 24.3 Å². The number of nitrogens with one attached hydrogen (secondary N) is 5. The first-order valence-corrected chi connectivity index (χ1v) is 18.9. The molecule has 1 aromatic carbocycles. The number of carbonyl (C=O) groups excluding carboxylic acids is 8. The third-order valence-corrected chi connectivity index (χ3v) is 9.26. The fourth-order valence-corrected chi connectivity index (χ4v) is 5.69. The van der Waals surface area contributed by atoms with Crippen molar-refractivity contribution in [2.45, 2.75) is 119 Å². The summed E-state index contributed by atoms with van der Waals surface area (Å²) >= 11 is 0. The lowest BCUT2D eigenvalue weighted by Gasteiger charge is -2.25. The minimum atomic E-state index is -1.03.